The number of nitrogens with zero attached hydrogens (tertiary/aromatic N) is 1. The molecule has 20 heavy (non-hydrogen) atoms. The summed E-state index contributed by atoms with van der Waals surface area (Å²) in [6.45, 7) is 6.08. The van der Waals surface area contributed by atoms with Crippen LogP contribution in [0.4, 0.5) is 17.1 Å². The predicted molar refractivity (Wildman–Crippen MR) is 85.9 cm³/mol. The van der Waals surface area contributed by atoms with Gasteiger partial charge in [0, 0.05) is 24.5 Å². The van der Waals surface area contributed by atoms with Crippen molar-refractivity contribution < 1.29 is 4.74 Å². The maximum Gasteiger partial charge on any atom is 0.144 e. The Balaban J connectivity index is 2.30. The van der Waals surface area contributed by atoms with Crippen molar-refractivity contribution in [3.05, 3.63) is 48.0 Å². The molecule has 0 saturated carbocycles. The van der Waals surface area contributed by atoms with Crippen molar-refractivity contribution in [2.75, 3.05) is 17.7 Å². The van der Waals surface area contributed by atoms with Crippen LogP contribution in [0, 0.1) is 6.92 Å². The quantitative estimate of drug-likeness (QED) is 0.849. The minimum atomic E-state index is 0.109. The van der Waals surface area contributed by atoms with E-state index in [1.54, 1.807) is 0 Å². The summed E-state index contributed by atoms with van der Waals surface area (Å²) in [6.07, 6.45) is 0.109. The van der Waals surface area contributed by atoms with Gasteiger partial charge in [0.2, 0.25) is 0 Å². The van der Waals surface area contributed by atoms with Crippen LogP contribution >= 0.6 is 0 Å². The molecule has 0 atom stereocenters. The third-order valence-corrected chi connectivity index (χ3v) is 3.17. The van der Waals surface area contributed by atoms with E-state index in [0.717, 1.165) is 17.1 Å². The molecule has 0 aliphatic heterocycles. The number of hydrogen-bond donors (Lipinski definition) is 1. The van der Waals surface area contributed by atoms with Gasteiger partial charge in [0.1, 0.15) is 5.75 Å². The highest BCUT2D eigenvalue weighted by Crippen LogP contribution is 2.31. The number of benzene rings is 2. The number of nitrogens with two attached hydrogens (primary N) is 1. The second-order valence-corrected chi connectivity index (χ2v) is 5.28. The van der Waals surface area contributed by atoms with Gasteiger partial charge in [-0.2, -0.15) is 0 Å². The highest BCUT2D eigenvalue weighted by Gasteiger charge is 2.09. The van der Waals surface area contributed by atoms with Crippen LogP contribution in [-0.2, 0) is 0 Å². The van der Waals surface area contributed by atoms with Gasteiger partial charge in [0.05, 0.1) is 11.8 Å². The minimum absolute atomic E-state index is 0.109. The first-order chi connectivity index (χ1) is 9.47. The first kappa shape index (κ1) is 14.3. The van der Waals surface area contributed by atoms with Crippen molar-refractivity contribution in [3.63, 3.8) is 0 Å². The predicted octanol–water partition coefficient (Wildman–Crippen LogP) is 4.13. The van der Waals surface area contributed by atoms with Crippen LogP contribution in [-0.4, -0.2) is 13.2 Å². The Bertz CT molecular complexity index is 576. The lowest BCUT2D eigenvalue weighted by Gasteiger charge is -2.21. The first-order valence-corrected chi connectivity index (χ1v) is 6.84. The average Bonchev–Trinajstić information content (AvgIpc) is 2.41. The maximum absolute atomic E-state index is 5.95. The van der Waals surface area contributed by atoms with E-state index in [2.05, 4.69) is 36.1 Å². The number of rotatable bonds is 4. The number of aryl methyl sites for hydroxylation is 1. The number of nitrogen functional groups attached to an aromatic ring is 1. The summed E-state index contributed by atoms with van der Waals surface area (Å²) in [5.41, 5.74) is 10.1. The molecule has 0 amide bonds. The first-order valence-electron chi connectivity index (χ1n) is 6.84. The SMILES string of the molecule is Cc1ccc(N(C)c2ccc(N)c(OC(C)C)c2)cc1. The zero-order valence-corrected chi connectivity index (χ0v) is 12.6. The summed E-state index contributed by atoms with van der Waals surface area (Å²) >= 11 is 0. The third kappa shape index (κ3) is 3.23. The Kier molecular flexibility index (Phi) is 4.18. The van der Waals surface area contributed by atoms with Gasteiger partial charge in [-0.15, -0.1) is 0 Å². The van der Waals surface area contributed by atoms with E-state index >= 15 is 0 Å². The third-order valence-electron chi connectivity index (χ3n) is 3.17. The summed E-state index contributed by atoms with van der Waals surface area (Å²) in [7, 11) is 2.04. The van der Waals surface area contributed by atoms with Crippen LogP contribution in [0.15, 0.2) is 42.5 Å². The standard InChI is InChI=1S/C17H22N2O/c1-12(2)20-17-11-15(9-10-16(17)18)19(4)14-7-5-13(3)6-8-14/h5-12H,18H2,1-4H3. The molecule has 2 aromatic carbocycles. The monoisotopic (exact) mass is 270 g/mol. The van der Waals surface area contributed by atoms with Crippen LogP contribution in [0.25, 0.3) is 0 Å². The summed E-state index contributed by atoms with van der Waals surface area (Å²) in [4.78, 5) is 2.12. The van der Waals surface area contributed by atoms with Gasteiger partial charge in [-0.25, -0.2) is 0 Å². The van der Waals surface area contributed by atoms with Gasteiger partial charge in [-0.3, -0.25) is 0 Å². The lowest BCUT2D eigenvalue weighted by Crippen LogP contribution is -2.11. The molecule has 0 heterocycles. The Hall–Kier alpha value is -2.16. The normalized spacial score (nSPS) is 10.7. The molecule has 0 saturated heterocycles. The fraction of sp³-hybridized carbons (Fsp3) is 0.294. The molecule has 3 nitrogen and oxygen atoms in total. The van der Waals surface area contributed by atoms with E-state index in [0.29, 0.717) is 5.69 Å². The number of ether oxygens (including phenoxy) is 1. The van der Waals surface area contributed by atoms with Gasteiger partial charge < -0.3 is 15.4 Å². The van der Waals surface area contributed by atoms with Crippen LogP contribution in [0.2, 0.25) is 0 Å². The van der Waals surface area contributed by atoms with Gasteiger partial charge in [0.15, 0.2) is 0 Å². The minimum Gasteiger partial charge on any atom is -0.489 e. The fourth-order valence-electron chi connectivity index (χ4n) is 2.01. The topological polar surface area (TPSA) is 38.5 Å². The molecule has 2 aromatic rings. The molecule has 2 N–H and O–H groups in total. The second-order valence-electron chi connectivity index (χ2n) is 5.28. The number of hydrogen-bond acceptors (Lipinski definition) is 3. The molecular formula is C17H22N2O. The Morgan fingerprint density at radius 2 is 1.60 bits per heavy atom. The maximum atomic E-state index is 5.95. The van der Waals surface area contributed by atoms with E-state index in [-0.39, 0.29) is 6.10 Å². The molecule has 106 valence electrons. The van der Waals surface area contributed by atoms with Crippen molar-refractivity contribution in [1.82, 2.24) is 0 Å². The smallest absolute Gasteiger partial charge is 0.144 e. The molecular weight excluding hydrogens is 248 g/mol. The highest BCUT2D eigenvalue weighted by atomic mass is 16.5. The van der Waals surface area contributed by atoms with E-state index < -0.39 is 0 Å². The van der Waals surface area contributed by atoms with Gasteiger partial charge in [-0.1, -0.05) is 17.7 Å². The van der Waals surface area contributed by atoms with E-state index in [9.17, 15) is 0 Å². The van der Waals surface area contributed by atoms with E-state index in [1.165, 1.54) is 5.56 Å². The highest BCUT2D eigenvalue weighted by molar-refractivity contribution is 5.68. The second kappa shape index (κ2) is 5.87. The zero-order valence-electron chi connectivity index (χ0n) is 12.6. The van der Waals surface area contributed by atoms with Gasteiger partial charge >= 0.3 is 0 Å². The molecule has 3 heteroatoms. The molecule has 0 aliphatic rings. The molecule has 0 aliphatic carbocycles. The largest absolute Gasteiger partial charge is 0.489 e. The summed E-state index contributed by atoms with van der Waals surface area (Å²) in [5.74, 6) is 0.733. The van der Waals surface area contributed by atoms with E-state index in [1.807, 2.05) is 39.1 Å². The van der Waals surface area contributed by atoms with Crippen LogP contribution in [0.3, 0.4) is 0 Å². The van der Waals surface area contributed by atoms with Crippen LogP contribution in [0.1, 0.15) is 19.4 Å². The van der Waals surface area contributed by atoms with Gasteiger partial charge in [0.25, 0.3) is 0 Å². The fourth-order valence-corrected chi connectivity index (χ4v) is 2.01. The van der Waals surface area contributed by atoms with Gasteiger partial charge in [-0.05, 0) is 45.0 Å². The molecule has 0 spiro atoms. The zero-order chi connectivity index (χ0) is 14.7. The van der Waals surface area contributed by atoms with Crippen molar-refractivity contribution in [2.24, 2.45) is 0 Å². The van der Waals surface area contributed by atoms with Crippen molar-refractivity contribution in [2.45, 2.75) is 26.9 Å². The molecule has 0 bridgehead atoms. The molecule has 0 aromatic heterocycles. The lowest BCUT2D eigenvalue weighted by atomic mass is 10.2. The lowest BCUT2D eigenvalue weighted by molar-refractivity contribution is 0.244. The molecule has 0 unspecified atom stereocenters. The Morgan fingerprint density at radius 3 is 2.20 bits per heavy atom. The molecule has 2 rings (SSSR count). The van der Waals surface area contributed by atoms with Crippen LogP contribution in [0.5, 0.6) is 5.75 Å². The molecule has 0 radical (unpaired) electrons. The summed E-state index contributed by atoms with van der Waals surface area (Å²) in [6, 6.07) is 14.3. The van der Waals surface area contributed by atoms with Crippen LogP contribution < -0.4 is 15.4 Å². The van der Waals surface area contributed by atoms with Crippen molar-refractivity contribution in [3.8, 4) is 5.75 Å². The molecule has 0 fully saturated rings. The Labute approximate surface area is 121 Å². The number of anilines is 3. The Morgan fingerprint density at radius 1 is 1.00 bits per heavy atom. The van der Waals surface area contributed by atoms with E-state index in [4.69, 9.17) is 10.5 Å². The van der Waals surface area contributed by atoms with Crippen molar-refractivity contribution in [1.29, 1.82) is 0 Å². The summed E-state index contributed by atoms with van der Waals surface area (Å²) < 4.78 is 5.74. The van der Waals surface area contributed by atoms with Crippen molar-refractivity contribution >= 4 is 17.1 Å². The average molecular weight is 270 g/mol. The summed E-state index contributed by atoms with van der Waals surface area (Å²) in [5, 5.41) is 0.